The summed E-state index contributed by atoms with van der Waals surface area (Å²) in [5.74, 6) is 2.91. The molecule has 0 aromatic carbocycles. The summed E-state index contributed by atoms with van der Waals surface area (Å²) in [6, 6.07) is 8.61. The Bertz CT molecular complexity index is 726. The summed E-state index contributed by atoms with van der Waals surface area (Å²) in [5, 5.41) is 3.55. The van der Waals surface area contributed by atoms with Gasteiger partial charge in [0.1, 0.15) is 11.5 Å². The maximum absolute atomic E-state index is 5.95. The van der Waals surface area contributed by atoms with Gasteiger partial charge in [0.25, 0.3) is 0 Å². The lowest BCUT2D eigenvalue weighted by atomic mass is 10.2. The van der Waals surface area contributed by atoms with Gasteiger partial charge in [-0.3, -0.25) is 9.89 Å². The van der Waals surface area contributed by atoms with Crippen LogP contribution in [0.5, 0.6) is 0 Å². The van der Waals surface area contributed by atoms with Crippen LogP contribution < -0.4 is 5.32 Å². The molecular weight excluding hydrogens is 326 g/mol. The van der Waals surface area contributed by atoms with Crippen molar-refractivity contribution in [3.63, 3.8) is 0 Å². The molecule has 3 rings (SSSR count). The number of hydrogen-bond donors (Lipinski definition) is 1. The van der Waals surface area contributed by atoms with Gasteiger partial charge < -0.3 is 19.2 Å². The fourth-order valence-corrected chi connectivity index (χ4v) is 3.65. The van der Waals surface area contributed by atoms with Gasteiger partial charge in [-0.25, -0.2) is 0 Å². The van der Waals surface area contributed by atoms with Crippen molar-refractivity contribution in [3.05, 3.63) is 47.7 Å². The average molecular weight is 358 g/mol. The van der Waals surface area contributed by atoms with Crippen LogP contribution in [0.3, 0.4) is 0 Å². The number of nitrogens with zero attached hydrogens (tertiary/aromatic N) is 4. The largest absolute Gasteiger partial charge is 0.465 e. The van der Waals surface area contributed by atoms with Crippen molar-refractivity contribution in [3.8, 4) is 0 Å². The van der Waals surface area contributed by atoms with Crippen LogP contribution in [0.1, 0.15) is 36.1 Å². The number of aromatic nitrogens is 1. The fourth-order valence-electron chi connectivity index (χ4n) is 3.65. The summed E-state index contributed by atoms with van der Waals surface area (Å²) in [5.41, 5.74) is 1.26. The summed E-state index contributed by atoms with van der Waals surface area (Å²) in [7, 11) is 5.98. The third kappa shape index (κ3) is 4.30. The van der Waals surface area contributed by atoms with Crippen LogP contribution in [0.2, 0.25) is 0 Å². The van der Waals surface area contributed by atoms with E-state index >= 15 is 0 Å². The standard InChI is InChI=1S/C20H31N5O/c1-16-9-10-19(26-16)18(25-12-5-6-13-25)14-22-20(21-2)24(4)15-17-8-7-11-23(17)3/h7-11,18H,5-6,12-15H2,1-4H3,(H,21,22). The molecule has 0 saturated carbocycles. The lowest BCUT2D eigenvalue weighted by molar-refractivity contribution is 0.212. The van der Waals surface area contributed by atoms with E-state index in [-0.39, 0.29) is 6.04 Å². The van der Waals surface area contributed by atoms with Crippen molar-refractivity contribution >= 4 is 5.96 Å². The quantitative estimate of drug-likeness (QED) is 0.638. The molecule has 0 radical (unpaired) electrons. The van der Waals surface area contributed by atoms with E-state index in [0.717, 1.165) is 43.7 Å². The Kier molecular flexibility index (Phi) is 6.04. The van der Waals surface area contributed by atoms with Gasteiger partial charge in [-0.2, -0.15) is 0 Å². The highest BCUT2D eigenvalue weighted by molar-refractivity contribution is 5.79. The summed E-state index contributed by atoms with van der Waals surface area (Å²) in [4.78, 5) is 9.13. The SMILES string of the molecule is CN=C(NCC(c1ccc(C)o1)N1CCCC1)N(C)Cc1cccn1C. The van der Waals surface area contributed by atoms with Gasteiger partial charge in [-0.15, -0.1) is 0 Å². The average Bonchev–Trinajstić information content (AvgIpc) is 3.36. The van der Waals surface area contributed by atoms with Crippen molar-refractivity contribution < 1.29 is 4.42 Å². The van der Waals surface area contributed by atoms with E-state index in [9.17, 15) is 0 Å². The molecular formula is C20H31N5O. The van der Waals surface area contributed by atoms with Gasteiger partial charge in [0.2, 0.25) is 0 Å². The van der Waals surface area contributed by atoms with Crippen molar-refractivity contribution in [2.75, 3.05) is 33.7 Å². The molecule has 1 atom stereocenters. The Morgan fingerprint density at radius 1 is 1.31 bits per heavy atom. The van der Waals surface area contributed by atoms with Crippen molar-refractivity contribution in [2.45, 2.75) is 32.4 Å². The monoisotopic (exact) mass is 357 g/mol. The van der Waals surface area contributed by atoms with Crippen molar-refractivity contribution in [1.29, 1.82) is 0 Å². The van der Waals surface area contributed by atoms with Crippen LogP contribution in [0.4, 0.5) is 0 Å². The molecule has 0 bridgehead atoms. The topological polar surface area (TPSA) is 48.9 Å². The molecule has 3 heterocycles. The minimum absolute atomic E-state index is 0.242. The van der Waals surface area contributed by atoms with E-state index in [2.05, 4.69) is 69.2 Å². The summed E-state index contributed by atoms with van der Waals surface area (Å²) in [6.45, 7) is 5.87. The number of likely N-dealkylation sites (tertiary alicyclic amines) is 1. The molecule has 1 aliphatic heterocycles. The highest BCUT2D eigenvalue weighted by Gasteiger charge is 2.26. The normalized spacial score (nSPS) is 16.8. The summed E-state index contributed by atoms with van der Waals surface area (Å²) >= 11 is 0. The lowest BCUT2D eigenvalue weighted by Gasteiger charge is -2.29. The summed E-state index contributed by atoms with van der Waals surface area (Å²) < 4.78 is 8.09. The minimum Gasteiger partial charge on any atom is -0.465 e. The van der Waals surface area contributed by atoms with Gasteiger partial charge in [0.15, 0.2) is 5.96 Å². The molecule has 6 nitrogen and oxygen atoms in total. The van der Waals surface area contributed by atoms with Crippen LogP contribution in [0.15, 0.2) is 39.9 Å². The Morgan fingerprint density at radius 3 is 2.65 bits per heavy atom. The van der Waals surface area contributed by atoms with Crippen molar-refractivity contribution in [2.24, 2.45) is 12.0 Å². The number of guanidine groups is 1. The Labute approximate surface area is 156 Å². The second-order valence-electron chi connectivity index (χ2n) is 7.10. The highest BCUT2D eigenvalue weighted by Crippen LogP contribution is 2.26. The molecule has 0 amide bonds. The first-order valence-electron chi connectivity index (χ1n) is 9.41. The van der Waals surface area contributed by atoms with Crippen LogP contribution in [0.25, 0.3) is 0 Å². The zero-order chi connectivity index (χ0) is 18.5. The number of aryl methyl sites for hydroxylation is 2. The molecule has 142 valence electrons. The second-order valence-corrected chi connectivity index (χ2v) is 7.10. The van der Waals surface area contributed by atoms with E-state index in [0.29, 0.717) is 0 Å². The molecule has 1 unspecified atom stereocenters. The van der Waals surface area contributed by atoms with Crippen LogP contribution in [-0.2, 0) is 13.6 Å². The second kappa shape index (κ2) is 8.45. The molecule has 1 fully saturated rings. The first-order chi connectivity index (χ1) is 12.6. The van der Waals surface area contributed by atoms with Gasteiger partial charge in [0.05, 0.1) is 12.6 Å². The van der Waals surface area contributed by atoms with E-state index in [1.165, 1.54) is 18.5 Å². The lowest BCUT2D eigenvalue weighted by Crippen LogP contribution is -2.43. The molecule has 1 N–H and O–H groups in total. The van der Waals surface area contributed by atoms with E-state index < -0.39 is 0 Å². The van der Waals surface area contributed by atoms with Gasteiger partial charge in [-0.05, 0) is 57.1 Å². The first-order valence-corrected chi connectivity index (χ1v) is 9.41. The Morgan fingerprint density at radius 2 is 2.08 bits per heavy atom. The summed E-state index contributed by atoms with van der Waals surface area (Å²) in [6.07, 6.45) is 4.60. The maximum atomic E-state index is 5.95. The number of aliphatic imine (C=N–C) groups is 1. The number of furan rings is 1. The Hall–Kier alpha value is -2.21. The molecule has 2 aromatic heterocycles. The zero-order valence-corrected chi connectivity index (χ0v) is 16.4. The number of rotatable bonds is 6. The van der Waals surface area contributed by atoms with E-state index in [4.69, 9.17) is 4.42 Å². The smallest absolute Gasteiger partial charge is 0.193 e. The third-order valence-electron chi connectivity index (χ3n) is 5.15. The van der Waals surface area contributed by atoms with Gasteiger partial charge >= 0.3 is 0 Å². The van der Waals surface area contributed by atoms with E-state index in [1.807, 2.05) is 14.0 Å². The molecule has 0 aliphatic carbocycles. The van der Waals surface area contributed by atoms with Crippen molar-refractivity contribution in [1.82, 2.24) is 19.7 Å². The Balaban J connectivity index is 1.65. The first kappa shape index (κ1) is 18.6. The molecule has 1 saturated heterocycles. The van der Waals surface area contributed by atoms with Gasteiger partial charge in [0, 0.05) is 39.6 Å². The molecule has 2 aromatic rings. The van der Waals surface area contributed by atoms with Crippen LogP contribution in [-0.4, -0.2) is 54.1 Å². The molecule has 6 heteroatoms. The minimum atomic E-state index is 0.242. The van der Waals surface area contributed by atoms with Crippen LogP contribution in [0, 0.1) is 6.92 Å². The maximum Gasteiger partial charge on any atom is 0.193 e. The highest BCUT2D eigenvalue weighted by atomic mass is 16.3. The zero-order valence-electron chi connectivity index (χ0n) is 16.4. The third-order valence-corrected chi connectivity index (χ3v) is 5.15. The molecule has 26 heavy (non-hydrogen) atoms. The van der Waals surface area contributed by atoms with E-state index in [1.54, 1.807) is 0 Å². The number of hydrogen-bond acceptors (Lipinski definition) is 3. The number of nitrogens with one attached hydrogen (secondary N) is 1. The predicted octanol–water partition coefficient (Wildman–Crippen LogP) is 2.77. The molecule has 0 spiro atoms. The van der Waals surface area contributed by atoms with Crippen LogP contribution >= 0.6 is 0 Å². The molecule has 1 aliphatic rings. The predicted molar refractivity (Wildman–Crippen MR) is 105 cm³/mol. The fraction of sp³-hybridized carbons (Fsp3) is 0.550. The van der Waals surface area contributed by atoms with Gasteiger partial charge in [-0.1, -0.05) is 0 Å².